The van der Waals surface area contributed by atoms with Crippen LogP contribution in [0.1, 0.15) is 51.0 Å². The second-order valence-corrected chi connectivity index (χ2v) is 7.21. The van der Waals surface area contributed by atoms with Crippen molar-refractivity contribution in [3.8, 4) is 28.0 Å². The topological polar surface area (TPSA) is 9.23 Å². The van der Waals surface area contributed by atoms with Crippen molar-refractivity contribution in [2.45, 2.75) is 45.4 Å². The summed E-state index contributed by atoms with van der Waals surface area (Å²) >= 11 is 0. The van der Waals surface area contributed by atoms with E-state index in [0.717, 1.165) is 25.7 Å². The van der Waals surface area contributed by atoms with E-state index in [0.29, 0.717) is 29.2 Å². The second-order valence-electron chi connectivity index (χ2n) is 7.21. The molecule has 132 valence electrons. The number of fused-ring (bicyclic) bond motifs is 4. The van der Waals surface area contributed by atoms with Crippen LogP contribution in [0.4, 0.5) is 13.2 Å². The lowest BCUT2D eigenvalue weighted by Gasteiger charge is -2.31. The monoisotopic (exact) mass is 346 g/mol. The lowest BCUT2D eigenvalue weighted by molar-refractivity contribution is 0.322. The van der Waals surface area contributed by atoms with Crippen molar-refractivity contribution in [2.24, 2.45) is 5.92 Å². The largest absolute Gasteiger partial charge is 0.491 e. The summed E-state index contributed by atoms with van der Waals surface area (Å²) in [5.74, 6) is -1.58. The predicted molar refractivity (Wildman–Crippen MR) is 92.3 cm³/mol. The highest BCUT2D eigenvalue weighted by molar-refractivity contribution is 6.03. The average molecular weight is 346 g/mol. The molecule has 0 N–H and O–H groups in total. The minimum atomic E-state index is -0.925. The lowest BCUT2D eigenvalue weighted by Crippen LogP contribution is -2.15. The highest BCUT2D eigenvalue weighted by Crippen LogP contribution is 2.54. The molecule has 2 aliphatic carbocycles. The molecule has 25 heavy (non-hydrogen) atoms. The van der Waals surface area contributed by atoms with Crippen LogP contribution in [0, 0.1) is 23.4 Å². The zero-order chi connectivity index (χ0) is 17.7. The average Bonchev–Trinajstić information content (AvgIpc) is 2.58. The van der Waals surface area contributed by atoms with Gasteiger partial charge in [-0.1, -0.05) is 19.8 Å². The first-order chi connectivity index (χ1) is 12.0. The molecule has 0 aliphatic heterocycles. The molecule has 2 aliphatic rings. The molecule has 0 spiro atoms. The standard InChI is InChI=1S/C21H21F3O/c1-3-25-16-9-8-13-15-10-14(12-6-4-11(2)5-7-12)19(22)21(24)18(15)17(13)20(16)23/h8-12H,3-7H2,1-2H3. The van der Waals surface area contributed by atoms with E-state index in [1.807, 2.05) is 0 Å². The van der Waals surface area contributed by atoms with Crippen molar-refractivity contribution >= 4 is 0 Å². The highest BCUT2D eigenvalue weighted by Gasteiger charge is 2.35. The van der Waals surface area contributed by atoms with E-state index in [-0.39, 0.29) is 22.8 Å². The molecule has 0 amide bonds. The normalized spacial score (nSPS) is 21.3. The fourth-order valence-corrected chi connectivity index (χ4v) is 4.20. The summed E-state index contributed by atoms with van der Waals surface area (Å²) in [5.41, 5.74) is 1.90. The first-order valence-corrected chi connectivity index (χ1v) is 9.00. The van der Waals surface area contributed by atoms with E-state index >= 15 is 0 Å². The van der Waals surface area contributed by atoms with Crippen molar-refractivity contribution in [1.29, 1.82) is 0 Å². The third-order valence-electron chi connectivity index (χ3n) is 5.64. The minimum absolute atomic E-state index is 0.0487. The molecular formula is C21H21F3O. The highest BCUT2D eigenvalue weighted by atomic mass is 19.2. The van der Waals surface area contributed by atoms with Crippen molar-refractivity contribution in [2.75, 3.05) is 6.61 Å². The molecule has 0 aromatic heterocycles. The molecule has 0 atom stereocenters. The molecule has 1 saturated carbocycles. The number of rotatable bonds is 3. The third kappa shape index (κ3) is 2.45. The third-order valence-corrected chi connectivity index (χ3v) is 5.64. The van der Waals surface area contributed by atoms with Crippen LogP contribution in [0.25, 0.3) is 22.3 Å². The Morgan fingerprint density at radius 2 is 1.60 bits per heavy atom. The van der Waals surface area contributed by atoms with Gasteiger partial charge in [-0.15, -0.1) is 0 Å². The Morgan fingerprint density at radius 3 is 2.28 bits per heavy atom. The summed E-state index contributed by atoms with van der Waals surface area (Å²) in [6.45, 7) is 4.27. The van der Waals surface area contributed by atoms with Gasteiger partial charge in [-0.05, 0) is 66.5 Å². The SMILES string of the molecule is CCOc1ccc2c(c1F)-c1c-2cc(C2CCC(C)CC2)c(F)c1F. The van der Waals surface area contributed by atoms with Gasteiger partial charge in [-0.3, -0.25) is 0 Å². The molecule has 0 radical (unpaired) electrons. The van der Waals surface area contributed by atoms with Gasteiger partial charge in [-0.2, -0.15) is 0 Å². The molecule has 0 unspecified atom stereocenters. The van der Waals surface area contributed by atoms with Gasteiger partial charge in [0.2, 0.25) is 0 Å². The fourth-order valence-electron chi connectivity index (χ4n) is 4.20. The Morgan fingerprint density at radius 1 is 0.920 bits per heavy atom. The minimum Gasteiger partial charge on any atom is -0.491 e. The van der Waals surface area contributed by atoms with Crippen LogP contribution in [0.5, 0.6) is 5.75 Å². The van der Waals surface area contributed by atoms with E-state index in [1.54, 1.807) is 25.1 Å². The van der Waals surface area contributed by atoms with Crippen LogP contribution in [0.15, 0.2) is 18.2 Å². The fraction of sp³-hybridized carbons (Fsp3) is 0.429. The Balaban J connectivity index is 1.77. The summed E-state index contributed by atoms with van der Waals surface area (Å²) in [4.78, 5) is 0. The van der Waals surface area contributed by atoms with Crippen LogP contribution in [0.3, 0.4) is 0 Å². The van der Waals surface area contributed by atoms with Gasteiger partial charge >= 0.3 is 0 Å². The number of hydrogen-bond acceptors (Lipinski definition) is 1. The molecule has 1 fully saturated rings. The molecule has 2 aromatic rings. The van der Waals surface area contributed by atoms with Crippen LogP contribution < -0.4 is 4.74 Å². The Labute approximate surface area is 145 Å². The maximum atomic E-state index is 14.7. The van der Waals surface area contributed by atoms with E-state index < -0.39 is 17.5 Å². The van der Waals surface area contributed by atoms with Gasteiger partial charge in [-0.25, -0.2) is 13.2 Å². The maximum Gasteiger partial charge on any atom is 0.173 e. The van der Waals surface area contributed by atoms with Gasteiger partial charge < -0.3 is 4.74 Å². The molecule has 2 aromatic carbocycles. The number of benzene rings is 2. The lowest BCUT2D eigenvalue weighted by atomic mass is 9.74. The number of halogens is 3. The van der Waals surface area contributed by atoms with E-state index in [4.69, 9.17) is 4.74 Å². The quantitative estimate of drug-likeness (QED) is 0.530. The molecule has 0 heterocycles. The Hall–Kier alpha value is -1.97. The van der Waals surface area contributed by atoms with Gasteiger partial charge in [0.15, 0.2) is 23.2 Å². The molecule has 0 saturated heterocycles. The van der Waals surface area contributed by atoms with Crippen molar-refractivity contribution < 1.29 is 17.9 Å². The number of hydrogen-bond donors (Lipinski definition) is 0. The zero-order valence-electron chi connectivity index (χ0n) is 14.5. The molecule has 0 bridgehead atoms. The molecule has 4 rings (SSSR count). The smallest absolute Gasteiger partial charge is 0.173 e. The summed E-state index contributed by atoms with van der Waals surface area (Å²) < 4.78 is 49.2. The molecular weight excluding hydrogens is 325 g/mol. The Kier molecular flexibility index (Phi) is 4.01. The van der Waals surface area contributed by atoms with Gasteiger partial charge in [0.1, 0.15) is 0 Å². The van der Waals surface area contributed by atoms with E-state index in [9.17, 15) is 13.2 Å². The zero-order valence-corrected chi connectivity index (χ0v) is 14.5. The summed E-state index contributed by atoms with van der Waals surface area (Å²) in [6, 6.07) is 5.02. The van der Waals surface area contributed by atoms with E-state index in [2.05, 4.69) is 6.92 Å². The van der Waals surface area contributed by atoms with E-state index in [1.165, 1.54) is 0 Å². The van der Waals surface area contributed by atoms with Crippen molar-refractivity contribution in [3.63, 3.8) is 0 Å². The van der Waals surface area contributed by atoms with Gasteiger partial charge in [0.25, 0.3) is 0 Å². The summed E-state index contributed by atoms with van der Waals surface area (Å²) in [7, 11) is 0. The van der Waals surface area contributed by atoms with Gasteiger partial charge in [0.05, 0.1) is 6.61 Å². The van der Waals surface area contributed by atoms with Crippen molar-refractivity contribution in [3.05, 3.63) is 41.2 Å². The first kappa shape index (κ1) is 16.5. The second kappa shape index (κ2) is 6.08. The molecule has 1 nitrogen and oxygen atoms in total. The maximum absolute atomic E-state index is 14.7. The first-order valence-electron chi connectivity index (χ1n) is 9.00. The number of ether oxygens (including phenoxy) is 1. The predicted octanol–water partition coefficient (Wildman–Crippen LogP) is 6.44. The van der Waals surface area contributed by atoms with Gasteiger partial charge in [0, 0.05) is 11.1 Å². The van der Waals surface area contributed by atoms with Crippen molar-refractivity contribution in [1.82, 2.24) is 0 Å². The van der Waals surface area contributed by atoms with Crippen LogP contribution in [-0.2, 0) is 0 Å². The molecule has 4 heteroatoms. The van der Waals surface area contributed by atoms with Crippen LogP contribution >= 0.6 is 0 Å². The Bertz CT molecular complexity index is 836. The van der Waals surface area contributed by atoms with Crippen LogP contribution in [-0.4, -0.2) is 6.61 Å². The van der Waals surface area contributed by atoms with Crippen LogP contribution in [0.2, 0.25) is 0 Å². The summed E-state index contributed by atoms with van der Waals surface area (Å²) in [6.07, 6.45) is 3.82. The summed E-state index contributed by atoms with van der Waals surface area (Å²) in [5, 5.41) is 0.